The molecule has 0 fully saturated rings. The monoisotopic (exact) mass is 497 g/mol. The Morgan fingerprint density at radius 2 is 1.52 bits per heavy atom. The molecule has 0 bridgehead atoms. The van der Waals surface area contributed by atoms with Crippen LogP contribution in [-0.2, 0) is 0 Å². The van der Waals surface area contributed by atoms with Crippen LogP contribution in [0.15, 0.2) is 64.2 Å². The van der Waals surface area contributed by atoms with E-state index >= 15 is 0 Å². The molecular formula is C26H32BrNO2Si. The van der Waals surface area contributed by atoms with Crippen molar-refractivity contribution in [1.82, 2.24) is 0 Å². The Bertz CT molecular complexity index is 1060. The van der Waals surface area contributed by atoms with Crippen LogP contribution in [0.2, 0.25) is 16.6 Å². The van der Waals surface area contributed by atoms with Crippen molar-refractivity contribution in [3.05, 3.63) is 64.6 Å². The van der Waals surface area contributed by atoms with Crippen LogP contribution in [0.25, 0.3) is 21.9 Å². The van der Waals surface area contributed by atoms with Crippen molar-refractivity contribution in [3.63, 3.8) is 0 Å². The van der Waals surface area contributed by atoms with Gasteiger partial charge in [-0.05, 0) is 39.7 Å². The number of rotatable bonds is 7. The summed E-state index contributed by atoms with van der Waals surface area (Å²) in [6, 6.07) is 18.6. The number of fused-ring (bicyclic) bond motifs is 1. The summed E-state index contributed by atoms with van der Waals surface area (Å²) in [5.41, 5.74) is 4.19. The molecular weight excluding hydrogens is 466 g/mol. The summed E-state index contributed by atoms with van der Waals surface area (Å²) in [6.45, 7) is 13.7. The van der Waals surface area contributed by atoms with E-state index in [9.17, 15) is 5.21 Å². The first-order valence-corrected chi connectivity index (χ1v) is 13.8. The molecule has 0 saturated heterocycles. The zero-order chi connectivity index (χ0) is 22.8. The van der Waals surface area contributed by atoms with Gasteiger partial charge >= 0.3 is 0 Å². The van der Waals surface area contributed by atoms with Gasteiger partial charge in [0.2, 0.25) is 0 Å². The van der Waals surface area contributed by atoms with E-state index < -0.39 is 8.32 Å². The Hall–Kier alpha value is -2.11. The van der Waals surface area contributed by atoms with Crippen molar-refractivity contribution in [3.8, 4) is 16.9 Å². The summed E-state index contributed by atoms with van der Waals surface area (Å²) in [7, 11) is -2.26. The molecule has 3 aromatic rings. The number of hydrogen-bond donors (Lipinski definition) is 1. The Labute approximate surface area is 195 Å². The van der Waals surface area contributed by atoms with Crippen molar-refractivity contribution < 1.29 is 9.63 Å². The molecule has 3 rings (SSSR count). The Morgan fingerprint density at radius 3 is 2.06 bits per heavy atom. The minimum Gasteiger partial charge on any atom is -0.542 e. The van der Waals surface area contributed by atoms with E-state index in [-0.39, 0.29) is 0 Å². The summed E-state index contributed by atoms with van der Waals surface area (Å²) in [5, 5.41) is 15.1. The van der Waals surface area contributed by atoms with E-state index in [1.165, 1.54) is 6.21 Å². The van der Waals surface area contributed by atoms with Gasteiger partial charge in [-0.15, -0.1) is 0 Å². The Morgan fingerprint density at radius 1 is 0.903 bits per heavy atom. The quantitative estimate of drug-likeness (QED) is 0.153. The molecule has 0 unspecified atom stereocenters. The van der Waals surface area contributed by atoms with Gasteiger partial charge in [0.25, 0.3) is 8.32 Å². The molecule has 0 aliphatic carbocycles. The molecule has 0 heterocycles. The van der Waals surface area contributed by atoms with Crippen LogP contribution in [0.1, 0.15) is 47.1 Å². The maximum atomic E-state index is 9.59. The predicted molar refractivity (Wildman–Crippen MR) is 138 cm³/mol. The first-order chi connectivity index (χ1) is 14.7. The molecule has 5 heteroatoms. The van der Waals surface area contributed by atoms with Crippen LogP contribution in [0.3, 0.4) is 0 Å². The summed E-state index contributed by atoms with van der Waals surface area (Å²) in [6.07, 6.45) is 1.52. The first kappa shape index (κ1) is 23.5. The maximum absolute atomic E-state index is 9.59. The fourth-order valence-electron chi connectivity index (χ4n) is 5.08. The number of oxime groups is 1. The molecule has 0 atom stereocenters. The van der Waals surface area contributed by atoms with Gasteiger partial charge in [-0.1, -0.05) is 105 Å². The zero-order valence-corrected chi connectivity index (χ0v) is 21.8. The smallest absolute Gasteiger partial charge is 0.258 e. The molecule has 0 amide bonds. The highest BCUT2D eigenvalue weighted by atomic mass is 79.9. The number of benzene rings is 3. The average Bonchev–Trinajstić information content (AvgIpc) is 2.72. The molecule has 0 radical (unpaired) electrons. The molecule has 3 nitrogen and oxygen atoms in total. The number of hydrogen-bond acceptors (Lipinski definition) is 3. The molecule has 3 aromatic carbocycles. The summed E-state index contributed by atoms with van der Waals surface area (Å²) < 4.78 is 8.19. The molecule has 164 valence electrons. The second kappa shape index (κ2) is 9.57. The normalized spacial score (nSPS) is 12.6. The maximum Gasteiger partial charge on any atom is 0.258 e. The average molecular weight is 499 g/mol. The van der Waals surface area contributed by atoms with Crippen molar-refractivity contribution in [1.29, 1.82) is 0 Å². The van der Waals surface area contributed by atoms with Crippen LogP contribution in [-0.4, -0.2) is 19.7 Å². The minimum atomic E-state index is -2.26. The number of halogens is 1. The van der Waals surface area contributed by atoms with Crippen LogP contribution in [0.4, 0.5) is 0 Å². The predicted octanol–water partition coefficient (Wildman–Crippen LogP) is 8.63. The highest BCUT2D eigenvalue weighted by molar-refractivity contribution is 9.10. The largest absolute Gasteiger partial charge is 0.542 e. The van der Waals surface area contributed by atoms with Gasteiger partial charge in [-0.25, -0.2) is 0 Å². The molecule has 0 spiro atoms. The van der Waals surface area contributed by atoms with Gasteiger partial charge in [0.1, 0.15) is 5.75 Å². The minimum absolute atomic E-state index is 0.421. The third kappa shape index (κ3) is 4.30. The third-order valence-electron chi connectivity index (χ3n) is 6.36. The fourth-order valence-corrected chi connectivity index (χ4v) is 11.0. The van der Waals surface area contributed by atoms with E-state index in [1.54, 1.807) is 0 Å². The van der Waals surface area contributed by atoms with E-state index in [4.69, 9.17) is 4.43 Å². The zero-order valence-electron chi connectivity index (χ0n) is 19.2. The van der Waals surface area contributed by atoms with Crippen molar-refractivity contribution in [2.75, 3.05) is 0 Å². The van der Waals surface area contributed by atoms with Crippen molar-refractivity contribution in [2.45, 2.75) is 58.2 Å². The van der Waals surface area contributed by atoms with Crippen LogP contribution < -0.4 is 4.43 Å². The van der Waals surface area contributed by atoms with Crippen LogP contribution in [0.5, 0.6) is 5.75 Å². The van der Waals surface area contributed by atoms with Crippen LogP contribution >= 0.6 is 15.9 Å². The topological polar surface area (TPSA) is 41.8 Å². The highest BCUT2D eigenvalue weighted by Gasteiger charge is 2.47. The SMILES string of the molecule is CC(C)[Si](Oc1c(-c2ccccc2)cc2cccc(Br)c2c1/C=N/O)(C(C)C)C(C)C. The summed E-state index contributed by atoms with van der Waals surface area (Å²) >= 11 is 3.71. The summed E-state index contributed by atoms with van der Waals surface area (Å²) in [5.74, 6) is 0.811. The first-order valence-electron chi connectivity index (χ1n) is 10.9. The van der Waals surface area contributed by atoms with Gasteiger partial charge in [-0.3, -0.25) is 0 Å². The van der Waals surface area contributed by atoms with E-state index in [0.717, 1.165) is 37.7 Å². The second-order valence-corrected chi connectivity index (χ2v) is 15.3. The van der Waals surface area contributed by atoms with Crippen LogP contribution in [0, 0.1) is 0 Å². The standard InChI is InChI=1S/C26H32BrNO2Si/c1-17(2)31(18(3)4,19(5)6)30-26-22(20-11-8-7-9-12-20)15-21-13-10-14-24(27)25(21)23(26)16-28-29/h7-19,29H,1-6H3/b28-16+. The Kier molecular flexibility index (Phi) is 7.27. The lowest BCUT2D eigenvalue weighted by Crippen LogP contribution is -2.51. The fraction of sp³-hybridized carbons (Fsp3) is 0.346. The van der Waals surface area contributed by atoms with Gasteiger partial charge in [0.05, 0.1) is 6.21 Å². The molecule has 0 aliphatic rings. The summed E-state index contributed by atoms with van der Waals surface area (Å²) in [4.78, 5) is 0. The molecule has 0 aromatic heterocycles. The Balaban J connectivity index is 2.45. The van der Waals surface area contributed by atoms with Gasteiger partial charge in [0.15, 0.2) is 0 Å². The van der Waals surface area contributed by atoms with E-state index in [2.05, 4.69) is 86.9 Å². The number of nitrogens with zero attached hydrogens (tertiary/aromatic N) is 1. The molecule has 1 N–H and O–H groups in total. The van der Waals surface area contributed by atoms with Crippen molar-refractivity contribution >= 4 is 41.2 Å². The lowest BCUT2D eigenvalue weighted by Gasteiger charge is -2.43. The third-order valence-corrected chi connectivity index (χ3v) is 13.0. The van der Waals surface area contributed by atoms with Gasteiger partial charge < -0.3 is 9.63 Å². The van der Waals surface area contributed by atoms with Gasteiger partial charge in [-0.2, -0.15) is 0 Å². The van der Waals surface area contributed by atoms with E-state index in [0.29, 0.717) is 16.6 Å². The highest BCUT2D eigenvalue weighted by Crippen LogP contribution is 2.48. The van der Waals surface area contributed by atoms with Crippen molar-refractivity contribution in [2.24, 2.45) is 5.16 Å². The molecule has 31 heavy (non-hydrogen) atoms. The lowest BCUT2D eigenvalue weighted by molar-refractivity contribution is 0.321. The molecule has 0 aliphatic heterocycles. The van der Waals surface area contributed by atoms with Gasteiger partial charge in [0, 0.05) is 21.0 Å². The van der Waals surface area contributed by atoms with E-state index in [1.807, 2.05) is 30.3 Å². The second-order valence-electron chi connectivity index (χ2n) is 9.04. The molecule has 0 saturated carbocycles. The lowest BCUT2D eigenvalue weighted by atomic mass is 9.96.